The van der Waals surface area contributed by atoms with Crippen LogP contribution in [0.5, 0.6) is 0 Å². The number of amides is 1. The summed E-state index contributed by atoms with van der Waals surface area (Å²) in [4.78, 5) is 14.2. The van der Waals surface area contributed by atoms with Gasteiger partial charge in [0.25, 0.3) is 5.91 Å². The van der Waals surface area contributed by atoms with E-state index >= 15 is 0 Å². The molecular formula is C20H16F3N3O. The number of hydrogen-bond acceptors (Lipinski definition) is 3. The number of para-hydroxylation sites is 1. The van der Waals surface area contributed by atoms with Crippen molar-refractivity contribution in [1.82, 2.24) is 0 Å². The molecule has 0 saturated carbocycles. The minimum absolute atomic E-state index is 0.0224. The first-order valence-corrected chi connectivity index (χ1v) is 8.26. The van der Waals surface area contributed by atoms with Crippen LogP contribution in [-0.2, 0) is 17.4 Å². The van der Waals surface area contributed by atoms with Gasteiger partial charge in [0.1, 0.15) is 11.6 Å². The summed E-state index contributed by atoms with van der Waals surface area (Å²) in [5.41, 5.74) is 0.938. The number of nitrogens with zero attached hydrogens (tertiary/aromatic N) is 2. The lowest BCUT2D eigenvalue weighted by Gasteiger charge is -2.20. The maximum Gasteiger partial charge on any atom is 0.416 e. The van der Waals surface area contributed by atoms with Gasteiger partial charge in [0, 0.05) is 23.6 Å². The average molecular weight is 371 g/mol. The van der Waals surface area contributed by atoms with E-state index in [9.17, 15) is 23.2 Å². The van der Waals surface area contributed by atoms with Crippen molar-refractivity contribution in [2.24, 2.45) is 0 Å². The second-order valence-electron chi connectivity index (χ2n) is 6.28. The maximum atomic E-state index is 12.8. The highest BCUT2D eigenvalue weighted by Gasteiger charge is 2.30. The summed E-state index contributed by atoms with van der Waals surface area (Å²) < 4.78 is 38.4. The number of rotatable bonds is 3. The van der Waals surface area contributed by atoms with Crippen molar-refractivity contribution in [2.75, 3.05) is 10.2 Å². The van der Waals surface area contributed by atoms with E-state index in [1.807, 2.05) is 42.2 Å². The summed E-state index contributed by atoms with van der Waals surface area (Å²) >= 11 is 0. The molecule has 2 aromatic rings. The molecule has 1 amide bonds. The molecule has 3 rings (SSSR count). The number of hydrogen-bond donors (Lipinski definition) is 1. The number of carbonyl (C=O) groups excluding carboxylic acids is 1. The smallest absolute Gasteiger partial charge is 0.343 e. The van der Waals surface area contributed by atoms with Crippen molar-refractivity contribution in [3.63, 3.8) is 0 Å². The van der Waals surface area contributed by atoms with Crippen LogP contribution in [0.25, 0.3) is 0 Å². The largest absolute Gasteiger partial charge is 0.416 e. The van der Waals surface area contributed by atoms with Gasteiger partial charge in [0.15, 0.2) is 0 Å². The zero-order valence-corrected chi connectivity index (χ0v) is 14.4. The molecule has 138 valence electrons. The van der Waals surface area contributed by atoms with Crippen molar-refractivity contribution in [1.29, 1.82) is 5.26 Å². The van der Waals surface area contributed by atoms with Crippen LogP contribution in [0.4, 0.5) is 24.5 Å². The minimum Gasteiger partial charge on any atom is -0.343 e. The van der Waals surface area contributed by atoms with Gasteiger partial charge in [-0.2, -0.15) is 18.4 Å². The van der Waals surface area contributed by atoms with Gasteiger partial charge in [-0.1, -0.05) is 24.3 Å². The van der Waals surface area contributed by atoms with Crippen molar-refractivity contribution in [3.05, 3.63) is 71.4 Å². The predicted molar refractivity (Wildman–Crippen MR) is 95.9 cm³/mol. The fourth-order valence-corrected chi connectivity index (χ4v) is 3.04. The van der Waals surface area contributed by atoms with Crippen molar-refractivity contribution in [3.8, 4) is 6.07 Å². The third kappa shape index (κ3) is 3.95. The lowest BCUT2D eigenvalue weighted by Crippen LogP contribution is -2.25. The third-order valence-electron chi connectivity index (χ3n) is 4.34. The molecule has 0 aromatic heterocycles. The summed E-state index contributed by atoms with van der Waals surface area (Å²) in [6.45, 7) is 1.97. The van der Waals surface area contributed by atoms with Crippen molar-refractivity contribution < 1.29 is 18.0 Å². The Balaban J connectivity index is 1.83. The summed E-state index contributed by atoms with van der Waals surface area (Å²) in [6.07, 6.45) is -2.29. The first-order valence-electron chi connectivity index (χ1n) is 8.26. The molecule has 0 radical (unpaired) electrons. The molecule has 2 aromatic carbocycles. The Bertz CT molecular complexity index is 944. The molecule has 1 heterocycles. The van der Waals surface area contributed by atoms with E-state index in [-0.39, 0.29) is 17.3 Å². The summed E-state index contributed by atoms with van der Waals surface area (Å²) in [6, 6.07) is 13.9. The topological polar surface area (TPSA) is 56.1 Å². The number of nitrogens with one attached hydrogen (secondary N) is 1. The Morgan fingerprint density at radius 3 is 2.70 bits per heavy atom. The van der Waals surface area contributed by atoms with E-state index in [1.165, 1.54) is 18.3 Å². The van der Waals surface area contributed by atoms with Crippen LogP contribution in [0, 0.1) is 11.3 Å². The van der Waals surface area contributed by atoms with Gasteiger partial charge in [-0.15, -0.1) is 0 Å². The highest BCUT2D eigenvalue weighted by molar-refractivity contribution is 6.06. The third-order valence-corrected chi connectivity index (χ3v) is 4.34. The molecule has 4 nitrogen and oxygen atoms in total. The average Bonchev–Trinajstić information content (AvgIpc) is 2.94. The monoisotopic (exact) mass is 371 g/mol. The van der Waals surface area contributed by atoms with Crippen LogP contribution in [-0.4, -0.2) is 11.9 Å². The molecule has 1 atom stereocenters. The number of nitriles is 1. The van der Waals surface area contributed by atoms with Gasteiger partial charge < -0.3 is 10.2 Å². The van der Waals surface area contributed by atoms with Crippen molar-refractivity contribution >= 4 is 17.3 Å². The van der Waals surface area contributed by atoms with Gasteiger partial charge in [-0.05, 0) is 43.2 Å². The Morgan fingerprint density at radius 2 is 2.00 bits per heavy atom. The molecule has 27 heavy (non-hydrogen) atoms. The number of benzene rings is 2. The fourth-order valence-electron chi connectivity index (χ4n) is 3.04. The number of halogens is 3. The summed E-state index contributed by atoms with van der Waals surface area (Å²) in [5, 5.41) is 11.7. The molecule has 1 aliphatic heterocycles. The van der Waals surface area contributed by atoms with Crippen molar-refractivity contribution in [2.45, 2.75) is 25.6 Å². The highest BCUT2D eigenvalue weighted by atomic mass is 19.4. The molecule has 1 unspecified atom stereocenters. The predicted octanol–water partition coefficient (Wildman–Crippen LogP) is 4.50. The maximum absolute atomic E-state index is 12.8. The number of anilines is 2. The molecule has 0 spiro atoms. The van der Waals surface area contributed by atoms with E-state index in [1.54, 1.807) is 0 Å². The number of carbonyl (C=O) groups is 1. The van der Waals surface area contributed by atoms with Crippen LogP contribution in [0.2, 0.25) is 0 Å². The van der Waals surface area contributed by atoms with Gasteiger partial charge in [-0.3, -0.25) is 4.79 Å². The summed E-state index contributed by atoms with van der Waals surface area (Å²) in [5.74, 6) is -0.756. The van der Waals surface area contributed by atoms with E-state index < -0.39 is 17.6 Å². The van der Waals surface area contributed by atoms with E-state index in [2.05, 4.69) is 5.32 Å². The van der Waals surface area contributed by atoms with Crippen LogP contribution >= 0.6 is 0 Å². The molecule has 1 aliphatic rings. The fraction of sp³-hybridized carbons (Fsp3) is 0.200. The Kier molecular flexibility index (Phi) is 4.91. The zero-order valence-electron chi connectivity index (χ0n) is 14.4. The molecule has 0 aliphatic carbocycles. The standard InChI is InChI=1S/C20H16F3N3O/c1-13-9-14-5-2-3-8-18(14)26(13)12-15(11-24)19(27)25-17-7-4-6-16(10-17)20(21,22)23/h2-8,10,12-13H,9H2,1H3,(H,25,27)/b15-12-. The Labute approximate surface area is 154 Å². The highest BCUT2D eigenvalue weighted by Crippen LogP contribution is 2.33. The first kappa shape index (κ1) is 18.5. The molecule has 1 N–H and O–H groups in total. The summed E-state index contributed by atoms with van der Waals surface area (Å²) in [7, 11) is 0. The molecule has 7 heteroatoms. The zero-order chi connectivity index (χ0) is 19.6. The number of fused-ring (bicyclic) bond motifs is 1. The van der Waals surface area contributed by atoms with Gasteiger partial charge in [-0.25, -0.2) is 0 Å². The van der Waals surface area contributed by atoms with E-state index in [4.69, 9.17) is 0 Å². The lowest BCUT2D eigenvalue weighted by molar-refractivity contribution is -0.137. The Morgan fingerprint density at radius 1 is 1.26 bits per heavy atom. The van der Waals surface area contributed by atoms with Crippen LogP contribution in [0.1, 0.15) is 18.1 Å². The van der Waals surface area contributed by atoms with Crippen LogP contribution in [0.3, 0.4) is 0 Å². The minimum atomic E-state index is -4.51. The molecular weight excluding hydrogens is 355 g/mol. The molecule has 0 bridgehead atoms. The first-order chi connectivity index (χ1) is 12.8. The van der Waals surface area contributed by atoms with Gasteiger partial charge in [0.2, 0.25) is 0 Å². The SMILES string of the molecule is CC1Cc2ccccc2N1/C=C(/C#N)C(=O)Nc1cccc(C(F)(F)F)c1. The Hall–Kier alpha value is -3.27. The van der Waals surface area contributed by atoms with Gasteiger partial charge >= 0.3 is 6.18 Å². The van der Waals surface area contributed by atoms with E-state index in [0.717, 1.165) is 29.8 Å². The molecule has 0 saturated heterocycles. The number of alkyl halides is 3. The molecule has 0 fully saturated rings. The second-order valence-corrected chi connectivity index (χ2v) is 6.28. The second kappa shape index (κ2) is 7.16. The van der Waals surface area contributed by atoms with Gasteiger partial charge in [0.05, 0.1) is 5.56 Å². The normalized spacial score (nSPS) is 16.6. The quantitative estimate of drug-likeness (QED) is 0.638. The lowest BCUT2D eigenvalue weighted by atomic mass is 10.1. The van der Waals surface area contributed by atoms with E-state index in [0.29, 0.717) is 0 Å². The van der Waals surface area contributed by atoms with Crippen LogP contribution < -0.4 is 10.2 Å². The van der Waals surface area contributed by atoms with Crippen LogP contribution in [0.15, 0.2) is 60.3 Å².